The molecule has 0 aliphatic carbocycles. The van der Waals surface area contributed by atoms with Crippen LogP contribution in [0.5, 0.6) is 5.75 Å². The first kappa shape index (κ1) is 17.3. The molecule has 0 N–H and O–H groups in total. The van der Waals surface area contributed by atoms with E-state index in [-0.39, 0.29) is 22.9 Å². The lowest BCUT2D eigenvalue weighted by Crippen LogP contribution is -2.34. The topological polar surface area (TPSA) is 51.5 Å². The molecule has 1 aliphatic heterocycles. The van der Waals surface area contributed by atoms with Gasteiger partial charge < -0.3 is 14.2 Å². The number of aromatic nitrogens is 1. The van der Waals surface area contributed by atoms with Crippen molar-refractivity contribution < 1.29 is 9.53 Å². The van der Waals surface area contributed by atoms with Crippen molar-refractivity contribution in [2.45, 2.75) is 18.9 Å². The highest BCUT2D eigenvalue weighted by atomic mass is 16.5. The Hall–Kier alpha value is -3.08. The molecule has 3 aromatic rings. The fraction of sp³-hybridized carbons (Fsp3) is 0.273. The third-order valence-corrected chi connectivity index (χ3v) is 5.32. The van der Waals surface area contributed by atoms with Crippen LogP contribution in [0.2, 0.25) is 0 Å². The summed E-state index contributed by atoms with van der Waals surface area (Å²) in [6, 6.07) is 15.1. The minimum atomic E-state index is -0.204. The molecule has 1 amide bonds. The molecule has 4 rings (SSSR count). The summed E-state index contributed by atoms with van der Waals surface area (Å²) in [6.07, 6.45) is 3.46. The Morgan fingerprint density at radius 3 is 2.78 bits per heavy atom. The van der Waals surface area contributed by atoms with Gasteiger partial charge in [0.25, 0.3) is 5.91 Å². The summed E-state index contributed by atoms with van der Waals surface area (Å²) in [5, 5.41) is 0.572. The minimum Gasteiger partial charge on any atom is -0.497 e. The number of para-hydroxylation sites is 1. The number of carbonyl (C=O) groups is 1. The molecule has 0 saturated carbocycles. The molecule has 5 nitrogen and oxygen atoms in total. The van der Waals surface area contributed by atoms with Gasteiger partial charge in [-0.1, -0.05) is 24.3 Å². The zero-order chi connectivity index (χ0) is 19.0. The maximum absolute atomic E-state index is 13.3. The number of pyridine rings is 1. The van der Waals surface area contributed by atoms with Gasteiger partial charge in [0.1, 0.15) is 11.3 Å². The number of hydrogen-bond acceptors (Lipinski definition) is 3. The second-order valence-corrected chi connectivity index (χ2v) is 6.93. The lowest BCUT2D eigenvalue weighted by Gasteiger charge is -2.25. The summed E-state index contributed by atoms with van der Waals surface area (Å²) in [5.74, 6) is 0.570. The molecule has 2 aromatic carbocycles. The van der Waals surface area contributed by atoms with Gasteiger partial charge in [-0.2, -0.15) is 0 Å². The van der Waals surface area contributed by atoms with Crippen molar-refractivity contribution in [2.75, 3.05) is 13.7 Å². The van der Waals surface area contributed by atoms with Gasteiger partial charge in [-0.3, -0.25) is 9.59 Å². The lowest BCUT2D eigenvalue weighted by atomic mass is 10.0. The number of amides is 1. The number of likely N-dealkylation sites (tertiary alicyclic amines) is 1. The van der Waals surface area contributed by atoms with Crippen LogP contribution < -0.4 is 10.2 Å². The van der Waals surface area contributed by atoms with Gasteiger partial charge in [-0.25, -0.2) is 0 Å². The Labute approximate surface area is 157 Å². The van der Waals surface area contributed by atoms with Crippen molar-refractivity contribution in [3.63, 3.8) is 0 Å². The van der Waals surface area contributed by atoms with E-state index in [1.807, 2.05) is 59.0 Å². The Balaban J connectivity index is 1.75. The molecule has 0 bridgehead atoms. The highest BCUT2D eigenvalue weighted by Gasteiger charge is 2.32. The first-order chi connectivity index (χ1) is 13.1. The summed E-state index contributed by atoms with van der Waals surface area (Å²) in [7, 11) is 3.50. The van der Waals surface area contributed by atoms with E-state index in [4.69, 9.17) is 4.74 Å². The molecule has 5 heteroatoms. The predicted octanol–water partition coefficient (Wildman–Crippen LogP) is 3.52. The molecule has 1 atom stereocenters. The van der Waals surface area contributed by atoms with E-state index in [9.17, 15) is 9.59 Å². The highest BCUT2D eigenvalue weighted by molar-refractivity contribution is 5.97. The van der Waals surface area contributed by atoms with Crippen LogP contribution in [-0.2, 0) is 7.05 Å². The van der Waals surface area contributed by atoms with Crippen molar-refractivity contribution in [3.8, 4) is 5.75 Å². The van der Waals surface area contributed by atoms with Gasteiger partial charge in [0.05, 0.1) is 18.7 Å². The minimum absolute atomic E-state index is 0.0382. The van der Waals surface area contributed by atoms with Crippen LogP contribution in [0.1, 0.15) is 34.8 Å². The van der Waals surface area contributed by atoms with Crippen LogP contribution in [0.4, 0.5) is 0 Å². The average molecular weight is 362 g/mol. The fourth-order valence-corrected chi connectivity index (χ4v) is 3.95. The van der Waals surface area contributed by atoms with E-state index in [1.165, 1.54) is 0 Å². The Kier molecular flexibility index (Phi) is 4.44. The van der Waals surface area contributed by atoms with Crippen LogP contribution in [-0.4, -0.2) is 29.0 Å². The molecule has 1 saturated heterocycles. The third kappa shape index (κ3) is 2.99. The SMILES string of the molecule is COc1cccc([C@H]2CCCN2C(=O)c2cn(C)c3ccccc3c2=O)c1. The van der Waals surface area contributed by atoms with Gasteiger partial charge in [0.15, 0.2) is 0 Å². The quantitative estimate of drug-likeness (QED) is 0.716. The number of methoxy groups -OCH3 is 1. The molecular formula is C22H22N2O3. The average Bonchev–Trinajstić information content (AvgIpc) is 3.20. The smallest absolute Gasteiger partial charge is 0.259 e. The molecular weight excluding hydrogens is 340 g/mol. The molecule has 1 aromatic heterocycles. The third-order valence-electron chi connectivity index (χ3n) is 5.32. The Morgan fingerprint density at radius 2 is 1.96 bits per heavy atom. The van der Waals surface area contributed by atoms with E-state index in [1.54, 1.807) is 19.4 Å². The first-order valence-corrected chi connectivity index (χ1v) is 9.13. The summed E-state index contributed by atoms with van der Waals surface area (Å²) in [5.41, 5.74) is 1.89. The van der Waals surface area contributed by atoms with Gasteiger partial charge in [0, 0.05) is 25.2 Å². The molecule has 138 valence electrons. The van der Waals surface area contributed by atoms with Crippen LogP contribution in [0, 0.1) is 0 Å². The number of benzene rings is 2. The first-order valence-electron chi connectivity index (χ1n) is 9.13. The molecule has 0 radical (unpaired) electrons. The summed E-state index contributed by atoms with van der Waals surface area (Å²) in [6.45, 7) is 0.649. The predicted molar refractivity (Wildman–Crippen MR) is 105 cm³/mol. The van der Waals surface area contributed by atoms with Crippen molar-refractivity contribution in [2.24, 2.45) is 7.05 Å². The molecule has 27 heavy (non-hydrogen) atoms. The molecule has 1 aliphatic rings. The van der Waals surface area contributed by atoms with Crippen molar-refractivity contribution in [1.82, 2.24) is 9.47 Å². The number of ether oxygens (including phenoxy) is 1. The van der Waals surface area contributed by atoms with Crippen LogP contribution >= 0.6 is 0 Å². The van der Waals surface area contributed by atoms with Gasteiger partial charge in [0.2, 0.25) is 5.43 Å². The second-order valence-electron chi connectivity index (χ2n) is 6.93. The fourth-order valence-electron chi connectivity index (χ4n) is 3.95. The number of hydrogen-bond donors (Lipinski definition) is 0. The number of nitrogens with zero attached hydrogens (tertiary/aromatic N) is 2. The lowest BCUT2D eigenvalue weighted by molar-refractivity contribution is 0.0733. The van der Waals surface area contributed by atoms with Crippen LogP contribution in [0.25, 0.3) is 10.9 Å². The van der Waals surface area contributed by atoms with E-state index in [0.717, 1.165) is 29.7 Å². The molecule has 1 fully saturated rings. The van der Waals surface area contributed by atoms with E-state index in [0.29, 0.717) is 11.9 Å². The van der Waals surface area contributed by atoms with E-state index >= 15 is 0 Å². The van der Waals surface area contributed by atoms with E-state index in [2.05, 4.69) is 0 Å². The summed E-state index contributed by atoms with van der Waals surface area (Å²) in [4.78, 5) is 28.0. The number of rotatable bonds is 3. The van der Waals surface area contributed by atoms with Crippen LogP contribution in [0.3, 0.4) is 0 Å². The standard InChI is InChI=1S/C22H22N2O3/c1-23-14-18(21(25)17-9-3-4-10-20(17)23)22(26)24-12-6-11-19(24)15-7-5-8-16(13-15)27-2/h3-5,7-10,13-14,19H,6,11-12H2,1-2H3/t19-/m1/s1. The monoisotopic (exact) mass is 362 g/mol. The molecule has 2 heterocycles. The maximum Gasteiger partial charge on any atom is 0.259 e. The summed E-state index contributed by atoms with van der Waals surface area (Å²) < 4.78 is 7.17. The largest absolute Gasteiger partial charge is 0.497 e. The molecule has 0 spiro atoms. The maximum atomic E-state index is 13.3. The second kappa shape index (κ2) is 6.91. The summed E-state index contributed by atoms with van der Waals surface area (Å²) >= 11 is 0. The van der Waals surface area contributed by atoms with Crippen LogP contribution in [0.15, 0.2) is 59.5 Å². The number of carbonyl (C=O) groups excluding carboxylic acids is 1. The van der Waals surface area contributed by atoms with Crippen molar-refractivity contribution in [1.29, 1.82) is 0 Å². The van der Waals surface area contributed by atoms with Gasteiger partial charge in [-0.15, -0.1) is 0 Å². The van der Waals surface area contributed by atoms with Gasteiger partial charge >= 0.3 is 0 Å². The zero-order valence-corrected chi connectivity index (χ0v) is 15.5. The number of fused-ring (bicyclic) bond motifs is 1. The highest BCUT2D eigenvalue weighted by Crippen LogP contribution is 2.34. The molecule has 0 unspecified atom stereocenters. The zero-order valence-electron chi connectivity index (χ0n) is 15.5. The Bertz CT molecular complexity index is 1070. The normalized spacial score (nSPS) is 16.7. The number of aryl methyl sites for hydroxylation is 1. The van der Waals surface area contributed by atoms with Crippen molar-refractivity contribution in [3.05, 3.63) is 76.1 Å². The van der Waals surface area contributed by atoms with E-state index < -0.39 is 0 Å². The Morgan fingerprint density at radius 1 is 1.15 bits per heavy atom. The van der Waals surface area contributed by atoms with Gasteiger partial charge in [-0.05, 0) is 42.7 Å². The van der Waals surface area contributed by atoms with Crippen molar-refractivity contribution >= 4 is 16.8 Å².